The monoisotopic (exact) mass is 443 g/mol. The summed E-state index contributed by atoms with van der Waals surface area (Å²) in [6.07, 6.45) is -2.74. The first-order chi connectivity index (χ1) is 13.6. The molecule has 29 heavy (non-hydrogen) atoms. The lowest BCUT2D eigenvalue weighted by atomic mass is 10.5. The van der Waals surface area contributed by atoms with Gasteiger partial charge in [-0.2, -0.15) is 0 Å². The van der Waals surface area contributed by atoms with Crippen molar-refractivity contribution in [3.05, 3.63) is 0 Å². The molecule has 6 atom stereocenters. The molecule has 0 aromatic rings. The fraction of sp³-hybridized carbons (Fsp3) is 1.00. The second-order valence-electron chi connectivity index (χ2n) is 6.45. The molecular formula is C18H41NO9Si. The average molecular weight is 444 g/mol. The molecule has 0 fully saturated rings. The molecule has 0 rings (SSSR count). The maximum absolute atomic E-state index is 6.18. The number of nitrogens with two attached hydrogens (primary N) is 1. The molecule has 0 bridgehead atoms. The lowest BCUT2D eigenvalue weighted by Gasteiger charge is -2.37. The Hall–Kier alpha value is -0.183. The van der Waals surface area contributed by atoms with Gasteiger partial charge < -0.3 is 47.4 Å². The molecule has 0 saturated heterocycles. The van der Waals surface area contributed by atoms with Crippen molar-refractivity contribution in [2.75, 3.05) is 27.9 Å². The Morgan fingerprint density at radius 2 is 0.897 bits per heavy atom. The van der Waals surface area contributed by atoms with Crippen LogP contribution in [0.5, 0.6) is 0 Å². The van der Waals surface area contributed by atoms with Crippen LogP contribution in [0.15, 0.2) is 0 Å². The first kappa shape index (κ1) is 28.8. The zero-order chi connectivity index (χ0) is 22.4. The molecule has 0 heterocycles. The van der Waals surface area contributed by atoms with E-state index < -0.39 is 46.5 Å². The minimum absolute atomic E-state index is 0.446. The number of ether oxygens (including phenoxy) is 6. The van der Waals surface area contributed by atoms with Crippen molar-refractivity contribution in [3.63, 3.8) is 0 Å². The molecular weight excluding hydrogens is 402 g/mol. The molecule has 0 aliphatic heterocycles. The number of methoxy groups -OCH3 is 3. The minimum atomic E-state index is -3.37. The fourth-order valence-electron chi connectivity index (χ4n) is 2.40. The first-order valence-corrected chi connectivity index (χ1v) is 11.8. The number of hydrogen-bond acceptors (Lipinski definition) is 10. The zero-order valence-corrected chi connectivity index (χ0v) is 20.3. The van der Waals surface area contributed by atoms with E-state index in [0.717, 1.165) is 0 Å². The molecule has 0 aliphatic carbocycles. The Morgan fingerprint density at radius 1 is 0.586 bits per heavy atom. The summed E-state index contributed by atoms with van der Waals surface area (Å²) >= 11 is 0. The third-order valence-corrected chi connectivity index (χ3v) is 6.91. The molecule has 0 saturated carbocycles. The van der Waals surface area contributed by atoms with Gasteiger partial charge >= 0.3 is 8.80 Å². The lowest BCUT2D eigenvalue weighted by Crippen LogP contribution is -2.53. The first-order valence-electron chi connectivity index (χ1n) is 9.89. The van der Waals surface area contributed by atoms with Crippen LogP contribution in [-0.4, -0.2) is 74.4 Å². The molecule has 0 amide bonds. The molecule has 6 unspecified atom stereocenters. The van der Waals surface area contributed by atoms with Crippen LogP contribution in [0.3, 0.4) is 0 Å². The maximum atomic E-state index is 6.18. The summed E-state index contributed by atoms with van der Waals surface area (Å²) in [6.45, 7) is 11.0. The van der Waals surface area contributed by atoms with Crippen molar-refractivity contribution >= 4 is 8.80 Å². The van der Waals surface area contributed by atoms with Gasteiger partial charge in [-0.1, -0.05) is 0 Å². The van der Waals surface area contributed by atoms with Gasteiger partial charge in [-0.3, -0.25) is 0 Å². The van der Waals surface area contributed by atoms with Crippen molar-refractivity contribution in [1.82, 2.24) is 0 Å². The minimum Gasteiger partial charge on any atom is -0.356 e. The van der Waals surface area contributed by atoms with Crippen molar-refractivity contribution in [2.45, 2.75) is 91.7 Å². The predicted molar refractivity (Wildman–Crippen MR) is 109 cm³/mol. The Kier molecular flexibility index (Phi) is 15.5. The highest BCUT2D eigenvalue weighted by molar-refractivity contribution is 6.60. The molecule has 0 aromatic carbocycles. The van der Waals surface area contributed by atoms with E-state index in [1.165, 1.54) is 0 Å². The third-order valence-electron chi connectivity index (χ3n) is 3.87. The highest BCUT2D eigenvalue weighted by Crippen LogP contribution is 2.26. The van der Waals surface area contributed by atoms with Crippen molar-refractivity contribution in [1.29, 1.82) is 0 Å². The quantitative estimate of drug-likeness (QED) is 0.250. The number of rotatable bonds is 18. The summed E-state index contributed by atoms with van der Waals surface area (Å²) in [7, 11) is 1.28. The largest absolute Gasteiger partial charge is 0.506 e. The van der Waals surface area contributed by atoms with Gasteiger partial charge in [0.25, 0.3) is 0 Å². The smallest absolute Gasteiger partial charge is 0.356 e. The summed E-state index contributed by atoms with van der Waals surface area (Å²) in [5, 5.41) is 0. The van der Waals surface area contributed by atoms with Crippen molar-refractivity contribution in [2.24, 2.45) is 5.73 Å². The van der Waals surface area contributed by atoms with Gasteiger partial charge in [0, 0.05) is 27.4 Å². The van der Waals surface area contributed by atoms with Crippen molar-refractivity contribution in [3.8, 4) is 0 Å². The van der Waals surface area contributed by atoms with Crippen LogP contribution in [0.25, 0.3) is 0 Å². The number of hydrogen-bond donors (Lipinski definition) is 1. The molecule has 11 heteroatoms. The van der Waals surface area contributed by atoms with Gasteiger partial charge in [-0.25, -0.2) is 0 Å². The summed E-state index contributed by atoms with van der Waals surface area (Å²) in [4.78, 5) is 0. The van der Waals surface area contributed by atoms with Gasteiger partial charge in [-0.15, -0.1) is 0 Å². The molecule has 176 valence electrons. The topological polar surface area (TPSA) is 109 Å². The van der Waals surface area contributed by atoms with Gasteiger partial charge in [0.15, 0.2) is 37.7 Å². The predicted octanol–water partition coefficient (Wildman–Crippen LogP) is 2.39. The van der Waals surface area contributed by atoms with Gasteiger partial charge in [0.2, 0.25) is 0 Å². The zero-order valence-electron chi connectivity index (χ0n) is 19.3. The van der Waals surface area contributed by atoms with E-state index in [2.05, 4.69) is 0 Å². The second kappa shape index (κ2) is 15.6. The molecule has 0 aromatic heterocycles. The average Bonchev–Trinajstić information content (AvgIpc) is 2.65. The van der Waals surface area contributed by atoms with E-state index in [0.29, 0.717) is 19.0 Å². The van der Waals surface area contributed by atoms with E-state index in [4.69, 9.17) is 47.4 Å². The van der Waals surface area contributed by atoms with Crippen molar-refractivity contribution < 1.29 is 41.7 Å². The molecule has 0 spiro atoms. The summed E-state index contributed by atoms with van der Waals surface area (Å²) in [5.41, 5.74) is 5.74. The van der Waals surface area contributed by atoms with E-state index in [1.807, 2.05) is 0 Å². The SMILES string of the molecule is COC(C)OC(C)O[Si](CCCN)(OC(C)OC(C)OC)OC(C)OC(C)OC. The van der Waals surface area contributed by atoms with E-state index in [-0.39, 0.29) is 0 Å². The lowest BCUT2D eigenvalue weighted by molar-refractivity contribution is -0.251. The Bertz CT molecular complexity index is 357. The molecule has 10 nitrogen and oxygen atoms in total. The van der Waals surface area contributed by atoms with E-state index in [1.54, 1.807) is 62.9 Å². The third kappa shape index (κ3) is 13.0. The van der Waals surface area contributed by atoms with Crippen LogP contribution in [0.1, 0.15) is 48.0 Å². The van der Waals surface area contributed by atoms with Crippen LogP contribution >= 0.6 is 0 Å². The Balaban J connectivity index is 5.49. The fourth-order valence-corrected chi connectivity index (χ4v) is 5.24. The normalized spacial score (nSPS) is 20.5. The summed E-state index contributed by atoms with van der Waals surface area (Å²) < 4.78 is 51.0. The summed E-state index contributed by atoms with van der Waals surface area (Å²) in [5.74, 6) is 0. The Morgan fingerprint density at radius 3 is 1.14 bits per heavy atom. The van der Waals surface area contributed by atoms with Crippen LogP contribution in [-0.2, 0) is 41.7 Å². The van der Waals surface area contributed by atoms with Gasteiger partial charge in [0.05, 0.1) is 0 Å². The van der Waals surface area contributed by atoms with Crippen LogP contribution < -0.4 is 5.73 Å². The van der Waals surface area contributed by atoms with Crippen LogP contribution in [0.2, 0.25) is 6.04 Å². The summed E-state index contributed by atoms with van der Waals surface area (Å²) in [6, 6.07) is 0.447. The maximum Gasteiger partial charge on any atom is 0.506 e. The molecule has 0 aliphatic rings. The van der Waals surface area contributed by atoms with Crippen LogP contribution in [0.4, 0.5) is 0 Å². The van der Waals surface area contributed by atoms with Crippen LogP contribution in [0, 0.1) is 0 Å². The highest BCUT2D eigenvalue weighted by Gasteiger charge is 2.46. The second-order valence-corrected chi connectivity index (χ2v) is 9.02. The van der Waals surface area contributed by atoms with Gasteiger partial charge in [-0.05, 0) is 54.5 Å². The van der Waals surface area contributed by atoms with Gasteiger partial charge in [0.1, 0.15) is 0 Å². The standard InChI is InChI=1S/C18H41NO9Si/c1-13(20-7)23-16(4)26-29(12-10-11-19,27-17(5)24-14(2)21-8)28-18(6)25-15(3)22-9/h13-18H,10-12,19H2,1-9H3. The molecule has 2 N–H and O–H groups in total. The van der Waals surface area contributed by atoms with E-state index >= 15 is 0 Å². The Labute approximate surface area is 176 Å². The molecule has 0 radical (unpaired) electrons. The highest BCUT2D eigenvalue weighted by atomic mass is 28.4. The van der Waals surface area contributed by atoms with E-state index in [9.17, 15) is 0 Å².